The minimum atomic E-state index is -3.49. The Balaban J connectivity index is 1.53. The lowest BCUT2D eigenvalue weighted by atomic mass is 10.2. The van der Waals surface area contributed by atoms with Crippen molar-refractivity contribution in [1.29, 1.82) is 0 Å². The van der Waals surface area contributed by atoms with E-state index in [-0.39, 0.29) is 22.3 Å². The van der Waals surface area contributed by atoms with Crippen molar-refractivity contribution >= 4 is 38.9 Å². The Morgan fingerprint density at radius 3 is 2.42 bits per heavy atom. The number of thiophene rings is 1. The van der Waals surface area contributed by atoms with Gasteiger partial charge < -0.3 is 14.5 Å². The van der Waals surface area contributed by atoms with E-state index in [0.717, 1.165) is 16.2 Å². The van der Waals surface area contributed by atoms with Crippen LogP contribution in [-0.2, 0) is 19.6 Å². The number of nitrogens with zero attached hydrogens (tertiary/aromatic N) is 2. The summed E-state index contributed by atoms with van der Waals surface area (Å²) in [6.45, 7) is 7.67. The molecule has 0 radical (unpaired) electrons. The number of hydrogen-bond donors (Lipinski definition) is 1. The van der Waals surface area contributed by atoms with Gasteiger partial charge in [0.2, 0.25) is 0 Å². The second-order valence-corrected chi connectivity index (χ2v) is 10.8. The maximum absolute atomic E-state index is 12.6. The number of hydrogen-bond acceptors (Lipinski definition) is 5. The Morgan fingerprint density at radius 2 is 1.88 bits per heavy atom. The third-order valence-corrected chi connectivity index (χ3v) is 8.34. The van der Waals surface area contributed by atoms with Crippen LogP contribution in [0.25, 0.3) is 0 Å². The molecule has 3 rings (SSSR count). The lowest BCUT2D eigenvalue weighted by Gasteiger charge is -2.36. The van der Waals surface area contributed by atoms with Gasteiger partial charge in [0.05, 0.1) is 42.7 Å². The summed E-state index contributed by atoms with van der Waals surface area (Å²) in [7, 11) is -3.49. The Labute approximate surface area is 163 Å². The zero-order chi connectivity index (χ0) is 18.9. The number of ether oxygens (including phenoxy) is 1. The van der Waals surface area contributed by atoms with Crippen molar-refractivity contribution in [2.24, 2.45) is 0 Å². The van der Waals surface area contributed by atoms with Gasteiger partial charge in [-0.1, -0.05) is 11.6 Å². The van der Waals surface area contributed by atoms with E-state index in [4.69, 9.17) is 16.3 Å². The van der Waals surface area contributed by atoms with Crippen molar-refractivity contribution in [3.05, 3.63) is 16.5 Å². The number of morpholine rings is 1. The van der Waals surface area contributed by atoms with Crippen molar-refractivity contribution in [2.75, 3.05) is 45.8 Å². The molecule has 0 bridgehead atoms. The molecule has 0 aliphatic carbocycles. The van der Waals surface area contributed by atoms with E-state index in [1.807, 2.05) is 18.7 Å². The summed E-state index contributed by atoms with van der Waals surface area (Å²) in [5.74, 6) is 0.114. The molecular weight excluding hydrogens is 398 g/mol. The molecule has 1 aromatic heterocycles. The normalized spacial score (nSPS) is 26.2. The van der Waals surface area contributed by atoms with Gasteiger partial charge >= 0.3 is 0 Å². The third-order valence-electron chi connectivity index (χ3n) is 4.75. The molecular formula is C16H25ClN3O4S2+. The van der Waals surface area contributed by atoms with E-state index in [2.05, 4.69) is 0 Å². The number of amides is 1. The Kier molecular flexibility index (Phi) is 6.25. The molecule has 1 N–H and O–H groups in total. The quantitative estimate of drug-likeness (QED) is 0.737. The average molecular weight is 423 g/mol. The molecule has 146 valence electrons. The summed E-state index contributed by atoms with van der Waals surface area (Å²) in [5, 5.41) is 0. The van der Waals surface area contributed by atoms with Gasteiger partial charge in [-0.2, -0.15) is 4.31 Å². The lowest BCUT2D eigenvalue weighted by molar-refractivity contribution is -0.896. The zero-order valence-corrected chi connectivity index (χ0v) is 17.4. The Morgan fingerprint density at radius 1 is 1.27 bits per heavy atom. The molecule has 2 fully saturated rings. The lowest BCUT2D eigenvalue weighted by Crippen LogP contribution is -3.15. The molecule has 2 saturated heterocycles. The molecule has 1 amide bonds. The second kappa shape index (κ2) is 8.12. The van der Waals surface area contributed by atoms with Crippen LogP contribution in [0.1, 0.15) is 13.8 Å². The third kappa shape index (κ3) is 4.58. The van der Waals surface area contributed by atoms with E-state index in [9.17, 15) is 13.2 Å². The van der Waals surface area contributed by atoms with Gasteiger partial charge in [0.25, 0.3) is 15.9 Å². The van der Waals surface area contributed by atoms with Gasteiger partial charge in [0.1, 0.15) is 4.21 Å². The maximum atomic E-state index is 12.6. The Hall–Kier alpha value is -0.710. The van der Waals surface area contributed by atoms with Crippen LogP contribution in [0.5, 0.6) is 0 Å². The van der Waals surface area contributed by atoms with Crippen molar-refractivity contribution in [3.63, 3.8) is 0 Å². The minimum absolute atomic E-state index is 0.0531. The van der Waals surface area contributed by atoms with Gasteiger partial charge in [-0.15, -0.1) is 11.3 Å². The highest BCUT2D eigenvalue weighted by molar-refractivity contribution is 7.91. The fraction of sp³-hybridized carbons (Fsp3) is 0.688. The first-order valence-corrected chi connectivity index (χ1v) is 11.4. The summed E-state index contributed by atoms with van der Waals surface area (Å²) in [5.41, 5.74) is 0. The minimum Gasteiger partial charge on any atom is -0.372 e. The van der Waals surface area contributed by atoms with Crippen molar-refractivity contribution in [3.8, 4) is 0 Å². The number of carbonyl (C=O) groups excluding carboxylic acids is 1. The number of nitrogens with one attached hydrogen (secondary N) is 1. The van der Waals surface area contributed by atoms with E-state index < -0.39 is 10.0 Å². The summed E-state index contributed by atoms with van der Waals surface area (Å²) < 4.78 is 33.2. The number of halogens is 1. The Bertz CT molecular complexity index is 736. The molecule has 1 aromatic rings. The van der Waals surface area contributed by atoms with Crippen LogP contribution in [0.15, 0.2) is 16.3 Å². The molecule has 10 heteroatoms. The first kappa shape index (κ1) is 20.0. The SMILES string of the molecule is C[C@H]1CN(C(=O)C[NH+]2CCN(S(=O)(=O)c3ccc(Cl)s3)CC2)C[C@H](C)O1. The van der Waals surface area contributed by atoms with E-state index in [1.165, 1.54) is 4.31 Å². The molecule has 2 atom stereocenters. The van der Waals surface area contributed by atoms with Crippen molar-refractivity contribution in [1.82, 2.24) is 9.21 Å². The van der Waals surface area contributed by atoms with E-state index >= 15 is 0 Å². The summed E-state index contributed by atoms with van der Waals surface area (Å²) >= 11 is 6.94. The summed E-state index contributed by atoms with van der Waals surface area (Å²) in [6, 6.07) is 3.15. The summed E-state index contributed by atoms with van der Waals surface area (Å²) in [4.78, 5) is 15.6. The second-order valence-electron chi connectivity index (χ2n) is 6.95. The molecule has 7 nitrogen and oxygen atoms in total. The van der Waals surface area contributed by atoms with Crippen LogP contribution >= 0.6 is 22.9 Å². The molecule has 0 aromatic carbocycles. The molecule has 0 spiro atoms. The van der Waals surface area contributed by atoms with Gasteiger partial charge in [0, 0.05) is 13.1 Å². The number of carbonyl (C=O) groups is 1. The number of sulfonamides is 1. The number of quaternary nitrogens is 1. The van der Waals surface area contributed by atoms with Crippen molar-refractivity contribution < 1.29 is 22.8 Å². The highest BCUT2D eigenvalue weighted by Crippen LogP contribution is 2.28. The topological polar surface area (TPSA) is 71.4 Å². The summed E-state index contributed by atoms with van der Waals surface area (Å²) in [6.07, 6.45) is 0.106. The van der Waals surface area contributed by atoms with Crippen LogP contribution in [0, 0.1) is 0 Å². The highest BCUT2D eigenvalue weighted by atomic mass is 35.5. The predicted octanol–water partition coefficient (Wildman–Crippen LogP) is -0.0735. The number of rotatable bonds is 4. The molecule has 0 saturated carbocycles. The van der Waals surface area contributed by atoms with Gasteiger partial charge in [-0.25, -0.2) is 8.42 Å². The molecule has 2 aliphatic rings. The predicted molar refractivity (Wildman–Crippen MR) is 100 cm³/mol. The fourth-order valence-corrected chi connectivity index (χ4v) is 6.57. The smallest absolute Gasteiger partial charge is 0.277 e. The highest BCUT2D eigenvalue weighted by Gasteiger charge is 2.34. The van der Waals surface area contributed by atoms with Crippen LogP contribution in [0.4, 0.5) is 0 Å². The van der Waals surface area contributed by atoms with Gasteiger partial charge in [-0.3, -0.25) is 4.79 Å². The fourth-order valence-electron chi connectivity index (χ4n) is 3.49. The molecule has 26 heavy (non-hydrogen) atoms. The number of piperazine rings is 1. The average Bonchev–Trinajstić information content (AvgIpc) is 3.02. The first-order chi connectivity index (χ1) is 12.3. The zero-order valence-electron chi connectivity index (χ0n) is 15.0. The monoisotopic (exact) mass is 422 g/mol. The standard InChI is InChI=1S/C16H24ClN3O4S2/c1-12-9-19(10-13(2)24-12)15(21)11-18-5-7-20(8-6-18)26(22,23)16-4-3-14(17)25-16/h3-4,12-13H,5-11H2,1-2H3/p+1/t12-,13-/m0/s1. The van der Waals surface area contributed by atoms with Crippen LogP contribution in [0.2, 0.25) is 4.34 Å². The van der Waals surface area contributed by atoms with Crippen LogP contribution in [-0.4, -0.2) is 81.6 Å². The maximum Gasteiger partial charge on any atom is 0.277 e. The molecule has 0 unspecified atom stereocenters. The largest absolute Gasteiger partial charge is 0.372 e. The van der Waals surface area contributed by atoms with Crippen LogP contribution in [0.3, 0.4) is 0 Å². The molecule has 2 aliphatic heterocycles. The van der Waals surface area contributed by atoms with Crippen LogP contribution < -0.4 is 4.90 Å². The molecule has 3 heterocycles. The van der Waals surface area contributed by atoms with Gasteiger partial charge in [0.15, 0.2) is 6.54 Å². The van der Waals surface area contributed by atoms with Gasteiger partial charge in [-0.05, 0) is 26.0 Å². The van der Waals surface area contributed by atoms with Crippen molar-refractivity contribution in [2.45, 2.75) is 30.3 Å². The van der Waals surface area contributed by atoms with E-state index in [0.29, 0.717) is 50.1 Å². The van der Waals surface area contributed by atoms with E-state index in [1.54, 1.807) is 12.1 Å². The first-order valence-electron chi connectivity index (χ1n) is 8.78.